The molecule has 0 atom stereocenters. The molecule has 1 aromatic carbocycles. The first-order valence-electron chi connectivity index (χ1n) is 7.71. The summed E-state index contributed by atoms with van der Waals surface area (Å²) >= 11 is 0. The fourth-order valence-electron chi connectivity index (χ4n) is 2.43. The summed E-state index contributed by atoms with van der Waals surface area (Å²) in [5.74, 6) is 1.75. The third-order valence-corrected chi connectivity index (χ3v) is 3.59. The zero-order chi connectivity index (χ0) is 17.2. The lowest BCUT2D eigenvalue weighted by atomic mass is 10.2. The minimum absolute atomic E-state index is 0.348. The lowest BCUT2D eigenvalue weighted by Crippen LogP contribution is -2.08. The fourth-order valence-corrected chi connectivity index (χ4v) is 2.43. The summed E-state index contributed by atoms with van der Waals surface area (Å²) in [6.45, 7) is 2.34. The van der Waals surface area contributed by atoms with Crippen LogP contribution in [0.1, 0.15) is 11.7 Å². The summed E-state index contributed by atoms with van der Waals surface area (Å²) in [6, 6.07) is 9.95. The van der Waals surface area contributed by atoms with Gasteiger partial charge < -0.3 is 9.84 Å². The van der Waals surface area contributed by atoms with Crippen molar-refractivity contribution >= 4 is 11.5 Å². The van der Waals surface area contributed by atoms with E-state index in [1.54, 1.807) is 37.3 Å². The molecule has 0 spiro atoms. The minimum Gasteiger partial charge on any atom is -0.368 e. The summed E-state index contributed by atoms with van der Waals surface area (Å²) in [7, 11) is 0. The average Bonchev–Trinajstić information content (AvgIpc) is 3.21. The molecular weight excluding hydrogens is 325 g/mol. The van der Waals surface area contributed by atoms with Crippen molar-refractivity contribution in [2.75, 3.05) is 11.9 Å². The number of rotatable bonds is 5. The second-order valence-electron chi connectivity index (χ2n) is 5.40. The molecule has 0 aliphatic carbocycles. The molecule has 0 fully saturated rings. The van der Waals surface area contributed by atoms with Crippen molar-refractivity contribution in [3.63, 3.8) is 0 Å². The van der Waals surface area contributed by atoms with Crippen LogP contribution in [0.2, 0.25) is 0 Å². The molecule has 0 aliphatic rings. The van der Waals surface area contributed by atoms with Crippen molar-refractivity contribution < 1.29 is 8.91 Å². The highest BCUT2D eigenvalue weighted by Crippen LogP contribution is 2.21. The molecule has 8 nitrogen and oxygen atoms in total. The highest BCUT2D eigenvalue weighted by molar-refractivity contribution is 5.60. The van der Waals surface area contributed by atoms with E-state index in [-0.39, 0.29) is 5.82 Å². The van der Waals surface area contributed by atoms with Crippen molar-refractivity contribution in [3.05, 3.63) is 53.9 Å². The summed E-state index contributed by atoms with van der Waals surface area (Å²) < 4.78 is 20.6. The molecule has 1 N–H and O–H groups in total. The van der Waals surface area contributed by atoms with Crippen molar-refractivity contribution in [3.8, 4) is 11.4 Å². The van der Waals surface area contributed by atoms with E-state index in [0.29, 0.717) is 47.5 Å². The standard InChI is InChI=1S/C16H14FN7O/c1-10-19-15(25-23-10)8-9-18-13-6-7-14-20-21-16(24(14)22-13)11-4-2-3-5-12(11)17/h2-7H,8-9H2,1H3,(H,18,22). The number of anilines is 1. The first-order valence-corrected chi connectivity index (χ1v) is 7.71. The molecule has 0 saturated heterocycles. The van der Waals surface area contributed by atoms with Crippen LogP contribution in [0.4, 0.5) is 10.2 Å². The zero-order valence-corrected chi connectivity index (χ0v) is 13.3. The van der Waals surface area contributed by atoms with Crippen molar-refractivity contribution in [1.29, 1.82) is 0 Å². The van der Waals surface area contributed by atoms with Crippen LogP contribution >= 0.6 is 0 Å². The van der Waals surface area contributed by atoms with Crippen LogP contribution in [0.3, 0.4) is 0 Å². The number of nitrogens with zero attached hydrogens (tertiary/aromatic N) is 6. The number of fused-ring (bicyclic) bond motifs is 1. The number of aromatic nitrogens is 6. The molecule has 4 aromatic rings. The Labute approximate surface area is 141 Å². The fraction of sp³-hybridized carbons (Fsp3) is 0.188. The first-order chi connectivity index (χ1) is 12.2. The van der Waals surface area contributed by atoms with Gasteiger partial charge in [0.1, 0.15) is 11.6 Å². The van der Waals surface area contributed by atoms with Gasteiger partial charge in [-0.05, 0) is 31.2 Å². The van der Waals surface area contributed by atoms with Crippen LogP contribution in [0, 0.1) is 12.7 Å². The van der Waals surface area contributed by atoms with Gasteiger partial charge in [0.25, 0.3) is 0 Å². The predicted octanol–water partition coefficient (Wildman–Crippen LogP) is 2.28. The van der Waals surface area contributed by atoms with Crippen LogP contribution in [0.15, 0.2) is 40.9 Å². The monoisotopic (exact) mass is 339 g/mol. The van der Waals surface area contributed by atoms with Crippen molar-refractivity contribution in [1.82, 2.24) is 30.0 Å². The van der Waals surface area contributed by atoms with E-state index in [9.17, 15) is 4.39 Å². The summed E-state index contributed by atoms with van der Waals surface area (Å²) in [5, 5.41) is 19.4. The maximum absolute atomic E-state index is 14.0. The Balaban J connectivity index is 1.57. The molecule has 0 amide bonds. The number of halogens is 1. The summed E-state index contributed by atoms with van der Waals surface area (Å²) in [4.78, 5) is 4.14. The highest BCUT2D eigenvalue weighted by atomic mass is 19.1. The van der Waals surface area contributed by atoms with Gasteiger partial charge in [0.2, 0.25) is 5.89 Å². The van der Waals surface area contributed by atoms with E-state index < -0.39 is 0 Å². The minimum atomic E-state index is -0.372. The average molecular weight is 339 g/mol. The first kappa shape index (κ1) is 15.2. The van der Waals surface area contributed by atoms with E-state index in [4.69, 9.17) is 4.52 Å². The van der Waals surface area contributed by atoms with Gasteiger partial charge in [-0.1, -0.05) is 17.3 Å². The molecule has 3 heterocycles. The third kappa shape index (κ3) is 3.03. The van der Waals surface area contributed by atoms with E-state index in [1.165, 1.54) is 10.6 Å². The Morgan fingerprint density at radius 2 is 2.04 bits per heavy atom. The number of benzene rings is 1. The van der Waals surface area contributed by atoms with Crippen LogP contribution in [0.5, 0.6) is 0 Å². The van der Waals surface area contributed by atoms with Gasteiger partial charge in [-0.3, -0.25) is 0 Å². The van der Waals surface area contributed by atoms with Crippen LogP contribution in [-0.4, -0.2) is 36.5 Å². The Kier molecular flexibility index (Phi) is 3.81. The van der Waals surface area contributed by atoms with Gasteiger partial charge in [0, 0.05) is 13.0 Å². The lowest BCUT2D eigenvalue weighted by molar-refractivity contribution is 0.377. The molecule has 25 heavy (non-hydrogen) atoms. The molecule has 0 unspecified atom stereocenters. The third-order valence-electron chi connectivity index (χ3n) is 3.59. The van der Waals surface area contributed by atoms with E-state index in [0.717, 1.165) is 0 Å². The van der Waals surface area contributed by atoms with Gasteiger partial charge in [-0.25, -0.2) is 4.39 Å². The van der Waals surface area contributed by atoms with Crippen LogP contribution < -0.4 is 5.32 Å². The highest BCUT2D eigenvalue weighted by Gasteiger charge is 2.13. The maximum Gasteiger partial charge on any atom is 0.228 e. The zero-order valence-electron chi connectivity index (χ0n) is 13.3. The number of aryl methyl sites for hydroxylation is 1. The second-order valence-corrected chi connectivity index (χ2v) is 5.40. The molecule has 0 radical (unpaired) electrons. The van der Waals surface area contributed by atoms with Gasteiger partial charge in [0.05, 0.1) is 5.56 Å². The molecule has 0 saturated carbocycles. The summed E-state index contributed by atoms with van der Waals surface area (Å²) in [5.41, 5.74) is 0.886. The Bertz CT molecular complexity index is 1030. The van der Waals surface area contributed by atoms with Gasteiger partial charge in [-0.2, -0.15) is 9.50 Å². The summed E-state index contributed by atoms with van der Waals surface area (Å²) in [6.07, 6.45) is 0.572. The number of hydrogen-bond donors (Lipinski definition) is 1. The van der Waals surface area contributed by atoms with Crippen LogP contribution in [-0.2, 0) is 6.42 Å². The van der Waals surface area contributed by atoms with Gasteiger partial charge >= 0.3 is 0 Å². The molecule has 126 valence electrons. The second kappa shape index (κ2) is 6.27. The smallest absolute Gasteiger partial charge is 0.228 e. The molecule has 4 rings (SSSR count). The molecule has 0 bridgehead atoms. The Morgan fingerprint density at radius 1 is 1.16 bits per heavy atom. The molecular formula is C16H14FN7O. The number of nitrogens with one attached hydrogen (secondary N) is 1. The molecule has 3 aromatic heterocycles. The molecule has 9 heteroatoms. The van der Waals surface area contributed by atoms with Gasteiger partial charge in [0.15, 0.2) is 17.3 Å². The molecule has 0 aliphatic heterocycles. The predicted molar refractivity (Wildman–Crippen MR) is 87.4 cm³/mol. The Hall–Kier alpha value is -3.36. The van der Waals surface area contributed by atoms with Crippen molar-refractivity contribution in [2.45, 2.75) is 13.3 Å². The van der Waals surface area contributed by atoms with E-state index in [2.05, 4.69) is 30.8 Å². The van der Waals surface area contributed by atoms with E-state index in [1.807, 2.05) is 0 Å². The van der Waals surface area contributed by atoms with Crippen molar-refractivity contribution in [2.24, 2.45) is 0 Å². The maximum atomic E-state index is 14.0. The largest absolute Gasteiger partial charge is 0.368 e. The van der Waals surface area contributed by atoms with Crippen LogP contribution in [0.25, 0.3) is 17.0 Å². The Morgan fingerprint density at radius 3 is 2.84 bits per heavy atom. The number of hydrogen-bond acceptors (Lipinski definition) is 7. The van der Waals surface area contributed by atoms with E-state index >= 15 is 0 Å². The lowest BCUT2D eigenvalue weighted by Gasteiger charge is -2.05. The van der Waals surface area contributed by atoms with Gasteiger partial charge in [-0.15, -0.1) is 15.3 Å². The quantitative estimate of drug-likeness (QED) is 0.596. The topological polar surface area (TPSA) is 94.0 Å². The normalized spacial score (nSPS) is 11.1. The SMILES string of the molecule is Cc1noc(CCNc2ccc3nnc(-c4ccccc4F)n3n2)n1.